The lowest BCUT2D eigenvalue weighted by Crippen LogP contribution is -2.39. The Bertz CT molecular complexity index is 852. The monoisotopic (exact) mass is 381 g/mol. The smallest absolute Gasteiger partial charge is 0.333 e. The van der Waals surface area contributed by atoms with Gasteiger partial charge in [0.15, 0.2) is 0 Å². The van der Waals surface area contributed by atoms with E-state index in [4.69, 9.17) is 0 Å². The summed E-state index contributed by atoms with van der Waals surface area (Å²) in [6.45, 7) is 0.181. The molecule has 1 unspecified atom stereocenters. The molecule has 1 heterocycles. The van der Waals surface area contributed by atoms with Gasteiger partial charge >= 0.3 is 12.2 Å². The predicted octanol–water partition coefficient (Wildman–Crippen LogP) is 3.77. The van der Waals surface area contributed by atoms with Crippen LogP contribution >= 0.6 is 0 Å². The molecule has 0 spiro atoms. The SMILES string of the molecule is O=C(Nc1cccc(C(F)(F)F)c1)NC1CC(=O)N(c2ccc(F)cc2)C1. The Balaban J connectivity index is 1.60. The van der Waals surface area contributed by atoms with Crippen molar-refractivity contribution < 1.29 is 27.2 Å². The zero-order chi connectivity index (χ0) is 19.6. The molecule has 142 valence electrons. The molecule has 3 rings (SSSR count). The third kappa shape index (κ3) is 4.55. The maximum atomic E-state index is 13.0. The van der Waals surface area contributed by atoms with Crippen molar-refractivity contribution in [1.29, 1.82) is 0 Å². The van der Waals surface area contributed by atoms with Crippen molar-refractivity contribution in [2.45, 2.75) is 18.6 Å². The van der Waals surface area contributed by atoms with Crippen molar-refractivity contribution in [2.75, 3.05) is 16.8 Å². The molecule has 1 aliphatic rings. The number of anilines is 2. The summed E-state index contributed by atoms with van der Waals surface area (Å²) in [4.78, 5) is 25.6. The standard InChI is InChI=1S/C18H15F4N3O2/c19-12-4-6-15(7-5-12)25-10-14(9-16(25)26)24-17(27)23-13-3-1-2-11(8-13)18(20,21)22/h1-8,14H,9-10H2,(H2,23,24,27). The summed E-state index contributed by atoms with van der Waals surface area (Å²) in [7, 11) is 0. The Kier molecular flexibility index (Phi) is 5.02. The number of benzene rings is 2. The number of nitrogens with one attached hydrogen (secondary N) is 2. The first-order valence-corrected chi connectivity index (χ1v) is 8.03. The Labute approximate surface area is 152 Å². The fourth-order valence-electron chi connectivity index (χ4n) is 2.80. The fraction of sp³-hybridized carbons (Fsp3) is 0.222. The summed E-state index contributed by atoms with van der Waals surface area (Å²) < 4.78 is 51.1. The topological polar surface area (TPSA) is 61.4 Å². The number of carbonyl (C=O) groups is 2. The van der Waals surface area contributed by atoms with Crippen LogP contribution in [0.1, 0.15) is 12.0 Å². The number of hydrogen-bond donors (Lipinski definition) is 2. The molecule has 9 heteroatoms. The van der Waals surface area contributed by atoms with Crippen molar-refractivity contribution in [3.8, 4) is 0 Å². The second-order valence-electron chi connectivity index (χ2n) is 6.06. The molecule has 2 aromatic carbocycles. The van der Waals surface area contributed by atoms with Crippen LogP contribution in [0.15, 0.2) is 48.5 Å². The van der Waals surface area contributed by atoms with E-state index >= 15 is 0 Å². The average molecular weight is 381 g/mol. The number of carbonyl (C=O) groups excluding carboxylic acids is 2. The van der Waals surface area contributed by atoms with Crippen molar-refractivity contribution in [3.05, 3.63) is 59.9 Å². The van der Waals surface area contributed by atoms with E-state index in [2.05, 4.69) is 10.6 Å². The molecule has 1 fully saturated rings. The van der Waals surface area contributed by atoms with Gasteiger partial charge in [0, 0.05) is 24.3 Å². The number of hydrogen-bond acceptors (Lipinski definition) is 2. The summed E-state index contributed by atoms with van der Waals surface area (Å²) in [5.74, 6) is -0.675. The molecule has 27 heavy (non-hydrogen) atoms. The lowest BCUT2D eigenvalue weighted by Gasteiger charge is -2.17. The van der Waals surface area contributed by atoms with E-state index in [9.17, 15) is 27.2 Å². The van der Waals surface area contributed by atoms with Gasteiger partial charge in [-0.25, -0.2) is 9.18 Å². The van der Waals surface area contributed by atoms with Crippen molar-refractivity contribution in [1.82, 2.24) is 5.32 Å². The normalized spacial score (nSPS) is 17.1. The van der Waals surface area contributed by atoms with Crippen LogP contribution in [0.3, 0.4) is 0 Å². The number of rotatable bonds is 3. The molecule has 2 N–H and O–H groups in total. The molecular weight excluding hydrogens is 366 g/mol. The van der Waals surface area contributed by atoms with Gasteiger partial charge in [-0.05, 0) is 42.5 Å². The molecule has 0 aromatic heterocycles. The average Bonchev–Trinajstić information content (AvgIpc) is 2.95. The van der Waals surface area contributed by atoms with Crippen molar-refractivity contribution in [3.63, 3.8) is 0 Å². The number of nitrogens with zero attached hydrogens (tertiary/aromatic N) is 1. The van der Waals surface area contributed by atoms with Gasteiger partial charge in [-0.15, -0.1) is 0 Å². The lowest BCUT2D eigenvalue weighted by molar-refractivity contribution is -0.137. The quantitative estimate of drug-likeness (QED) is 0.795. The van der Waals surface area contributed by atoms with E-state index in [0.29, 0.717) is 5.69 Å². The van der Waals surface area contributed by atoms with Crippen LogP contribution < -0.4 is 15.5 Å². The predicted molar refractivity (Wildman–Crippen MR) is 90.8 cm³/mol. The summed E-state index contributed by atoms with van der Waals surface area (Å²) in [6.07, 6.45) is -4.48. The van der Waals surface area contributed by atoms with E-state index in [1.807, 2.05) is 0 Å². The van der Waals surface area contributed by atoms with Crippen molar-refractivity contribution in [2.24, 2.45) is 0 Å². The first kappa shape index (κ1) is 18.7. The number of alkyl halides is 3. The summed E-state index contributed by atoms with van der Waals surface area (Å²) in [5.41, 5.74) is -0.384. The third-order valence-electron chi connectivity index (χ3n) is 4.05. The molecule has 1 saturated heterocycles. The van der Waals surface area contributed by atoms with Gasteiger partial charge in [-0.3, -0.25) is 4.79 Å². The highest BCUT2D eigenvalue weighted by molar-refractivity contribution is 5.97. The van der Waals surface area contributed by atoms with Gasteiger partial charge in [0.25, 0.3) is 0 Å². The summed E-state index contributed by atoms with van der Waals surface area (Å²) in [5, 5.41) is 4.89. The number of halogens is 4. The van der Waals surface area contributed by atoms with Crippen LogP contribution in [-0.4, -0.2) is 24.5 Å². The van der Waals surface area contributed by atoms with Crippen LogP contribution in [0.2, 0.25) is 0 Å². The van der Waals surface area contributed by atoms with Gasteiger partial charge in [-0.2, -0.15) is 13.2 Å². The highest BCUT2D eigenvalue weighted by atomic mass is 19.4. The minimum absolute atomic E-state index is 0.0120. The molecule has 5 nitrogen and oxygen atoms in total. The Morgan fingerprint density at radius 2 is 1.81 bits per heavy atom. The Hall–Kier alpha value is -3.10. The largest absolute Gasteiger partial charge is 0.416 e. The second-order valence-corrected chi connectivity index (χ2v) is 6.06. The van der Waals surface area contributed by atoms with E-state index in [-0.39, 0.29) is 24.6 Å². The van der Waals surface area contributed by atoms with Crippen LogP contribution in [0.5, 0.6) is 0 Å². The summed E-state index contributed by atoms with van der Waals surface area (Å²) >= 11 is 0. The summed E-state index contributed by atoms with van der Waals surface area (Å²) in [6, 6.07) is 8.38. The van der Waals surface area contributed by atoms with Crippen LogP contribution in [-0.2, 0) is 11.0 Å². The van der Waals surface area contributed by atoms with Gasteiger partial charge in [0.2, 0.25) is 5.91 Å². The molecule has 0 aliphatic carbocycles. The lowest BCUT2D eigenvalue weighted by atomic mass is 10.2. The van der Waals surface area contributed by atoms with Crippen molar-refractivity contribution >= 4 is 23.3 Å². The minimum Gasteiger partial charge on any atom is -0.333 e. The highest BCUT2D eigenvalue weighted by Crippen LogP contribution is 2.30. The zero-order valence-corrected chi connectivity index (χ0v) is 13.9. The zero-order valence-electron chi connectivity index (χ0n) is 13.9. The number of urea groups is 1. The first-order valence-electron chi connectivity index (χ1n) is 8.03. The van der Waals surface area contributed by atoms with E-state index in [1.165, 1.54) is 41.3 Å². The molecule has 2 aromatic rings. The molecule has 0 saturated carbocycles. The molecule has 0 bridgehead atoms. The Morgan fingerprint density at radius 3 is 2.48 bits per heavy atom. The third-order valence-corrected chi connectivity index (χ3v) is 4.05. The fourth-order valence-corrected chi connectivity index (χ4v) is 2.80. The highest BCUT2D eigenvalue weighted by Gasteiger charge is 2.32. The second kappa shape index (κ2) is 7.26. The van der Waals surface area contributed by atoms with E-state index in [0.717, 1.165) is 12.1 Å². The molecule has 0 radical (unpaired) electrons. The van der Waals surface area contributed by atoms with Crippen LogP contribution in [0, 0.1) is 5.82 Å². The minimum atomic E-state index is -4.51. The number of amides is 3. The van der Waals surface area contributed by atoms with Crippen LogP contribution in [0.4, 0.5) is 33.7 Å². The van der Waals surface area contributed by atoms with E-state index in [1.54, 1.807) is 0 Å². The van der Waals surface area contributed by atoms with E-state index < -0.39 is 29.6 Å². The van der Waals surface area contributed by atoms with Gasteiger partial charge in [0.1, 0.15) is 5.82 Å². The molecule has 1 aliphatic heterocycles. The van der Waals surface area contributed by atoms with Gasteiger partial charge in [-0.1, -0.05) is 6.07 Å². The molecule has 1 atom stereocenters. The maximum Gasteiger partial charge on any atom is 0.416 e. The maximum absolute atomic E-state index is 13.0. The van der Waals surface area contributed by atoms with Crippen LogP contribution in [0.25, 0.3) is 0 Å². The Morgan fingerprint density at radius 1 is 1.11 bits per heavy atom. The van der Waals surface area contributed by atoms with Gasteiger partial charge < -0.3 is 15.5 Å². The first-order chi connectivity index (χ1) is 12.7. The molecular formula is C18H15F4N3O2. The van der Waals surface area contributed by atoms with Gasteiger partial charge in [0.05, 0.1) is 11.6 Å². The molecule has 3 amide bonds.